The van der Waals surface area contributed by atoms with Crippen LogP contribution in [0.5, 0.6) is 0 Å². The molecule has 4 N–H and O–H groups in total. The number of nitrogens with one attached hydrogen (secondary N) is 1. The number of unbranched alkanes of at least 4 members (excludes halogenated alkanes) is 2. The van der Waals surface area contributed by atoms with E-state index in [2.05, 4.69) is 19.2 Å². The van der Waals surface area contributed by atoms with Gasteiger partial charge in [0.1, 0.15) is 17.6 Å². The van der Waals surface area contributed by atoms with E-state index in [-0.39, 0.29) is 49.6 Å². The molecule has 39 heavy (non-hydrogen) atoms. The van der Waals surface area contributed by atoms with Crippen molar-refractivity contribution in [2.24, 2.45) is 17.8 Å². The van der Waals surface area contributed by atoms with Crippen molar-refractivity contribution in [1.29, 1.82) is 0 Å². The summed E-state index contributed by atoms with van der Waals surface area (Å²) in [5, 5.41) is 32.7. The van der Waals surface area contributed by atoms with Gasteiger partial charge < -0.3 is 20.6 Å². The average Bonchev–Trinajstić information content (AvgIpc) is 3.15. The lowest BCUT2D eigenvalue weighted by molar-refractivity contribution is -0.141. The molecule has 2 rings (SSSR count). The highest BCUT2D eigenvalue weighted by Crippen LogP contribution is 2.34. The Morgan fingerprint density at radius 3 is 2.46 bits per heavy atom. The molecule has 1 aromatic rings. The topological polar surface area (TPSA) is 141 Å². The maximum atomic E-state index is 12.6. The number of amides is 1. The third-order valence-corrected chi connectivity index (χ3v) is 7.46. The van der Waals surface area contributed by atoms with Gasteiger partial charge in [-0.15, -0.1) is 0 Å². The van der Waals surface area contributed by atoms with E-state index in [0.29, 0.717) is 25.2 Å². The largest absolute Gasteiger partial charge is 0.480 e. The van der Waals surface area contributed by atoms with Gasteiger partial charge in [-0.05, 0) is 30.7 Å². The van der Waals surface area contributed by atoms with Crippen LogP contribution in [0.3, 0.4) is 0 Å². The monoisotopic (exact) mass is 543 g/mol. The second-order valence-corrected chi connectivity index (χ2v) is 11.0. The molecule has 1 fully saturated rings. The second kappa shape index (κ2) is 17.0. The lowest BCUT2D eigenvalue weighted by atomic mass is 9.87. The van der Waals surface area contributed by atoms with E-state index in [4.69, 9.17) is 0 Å². The molecule has 0 radical (unpaired) electrons. The third kappa shape index (κ3) is 11.8. The Kier molecular flexibility index (Phi) is 14.1. The molecule has 0 aliphatic heterocycles. The van der Waals surface area contributed by atoms with Crippen LogP contribution in [0.25, 0.3) is 0 Å². The van der Waals surface area contributed by atoms with E-state index in [1.54, 1.807) is 24.3 Å². The van der Waals surface area contributed by atoms with Crippen molar-refractivity contribution >= 4 is 23.4 Å². The molecule has 6 atom stereocenters. The number of carbonyl (C=O) groups excluding carboxylic acids is 3. The number of Topliss-reactive ketones (excluding diaryl/α,β-unsaturated/α-hetero) is 2. The SMILES string of the molecule is CCCC[C@H](C)C[C@@H](O)/C=C/[C@H]1[C@H](O)CC(=O)[C@@H]1CC(=O)CCCCC(=O)N[C@@H](Cc1ccccc1)C(=O)O. The number of hydrogen-bond donors (Lipinski definition) is 4. The van der Waals surface area contributed by atoms with E-state index in [1.807, 2.05) is 18.2 Å². The molecule has 0 saturated heterocycles. The molecule has 1 saturated carbocycles. The Labute approximate surface area is 231 Å². The van der Waals surface area contributed by atoms with Gasteiger partial charge in [0.15, 0.2) is 0 Å². The summed E-state index contributed by atoms with van der Waals surface area (Å²) in [5.41, 5.74) is 0.812. The number of aliphatic carboxylic acids is 1. The van der Waals surface area contributed by atoms with Crippen LogP contribution in [-0.4, -0.2) is 57.0 Å². The number of carboxylic acids is 1. The Morgan fingerprint density at radius 1 is 1.10 bits per heavy atom. The fourth-order valence-corrected chi connectivity index (χ4v) is 5.18. The second-order valence-electron chi connectivity index (χ2n) is 11.0. The highest BCUT2D eigenvalue weighted by molar-refractivity contribution is 5.90. The first kappa shape index (κ1) is 32.4. The molecule has 1 amide bonds. The van der Waals surface area contributed by atoms with Gasteiger partial charge in [-0.25, -0.2) is 4.79 Å². The number of carboxylic acid groups (broad SMARTS) is 1. The Morgan fingerprint density at radius 2 is 1.79 bits per heavy atom. The van der Waals surface area contributed by atoms with Crippen LogP contribution in [0.4, 0.5) is 0 Å². The van der Waals surface area contributed by atoms with Crippen molar-refractivity contribution in [3.8, 4) is 0 Å². The number of carbonyl (C=O) groups is 4. The van der Waals surface area contributed by atoms with Crippen LogP contribution >= 0.6 is 0 Å². The normalized spacial score (nSPS) is 21.5. The number of benzene rings is 1. The molecule has 0 aromatic heterocycles. The Balaban J connectivity index is 1.76. The smallest absolute Gasteiger partial charge is 0.326 e. The summed E-state index contributed by atoms with van der Waals surface area (Å²) in [5.74, 6) is -2.47. The molecule has 1 aliphatic rings. The summed E-state index contributed by atoms with van der Waals surface area (Å²) >= 11 is 0. The van der Waals surface area contributed by atoms with E-state index in [0.717, 1.165) is 24.8 Å². The Bertz CT molecular complexity index is 961. The van der Waals surface area contributed by atoms with Gasteiger partial charge in [-0.3, -0.25) is 14.4 Å². The van der Waals surface area contributed by atoms with Crippen LogP contribution in [0, 0.1) is 17.8 Å². The first-order valence-electron chi connectivity index (χ1n) is 14.3. The van der Waals surface area contributed by atoms with Crippen molar-refractivity contribution in [2.75, 3.05) is 0 Å². The van der Waals surface area contributed by atoms with Gasteiger partial charge in [0.25, 0.3) is 0 Å². The first-order chi connectivity index (χ1) is 18.6. The molecular weight excluding hydrogens is 498 g/mol. The van der Waals surface area contributed by atoms with E-state index < -0.39 is 36.1 Å². The summed E-state index contributed by atoms with van der Waals surface area (Å²) in [6, 6.07) is 8.04. The first-order valence-corrected chi connectivity index (χ1v) is 14.3. The molecule has 0 spiro atoms. The summed E-state index contributed by atoms with van der Waals surface area (Å²) in [6.45, 7) is 4.23. The number of aliphatic hydroxyl groups excluding tert-OH is 2. The lowest BCUT2D eigenvalue weighted by Gasteiger charge is -2.18. The fraction of sp³-hybridized carbons (Fsp3) is 0.613. The zero-order valence-corrected chi connectivity index (χ0v) is 23.3. The minimum absolute atomic E-state index is 0.00382. The van der Waals surface area contributed by atoms with Crippen LogP contribution in [0.1, 0.15) is 83.6 Å². The highest BCUT2D eigenvalue weighted by atomic mass is 16.4. The maximum absolute atomic E-state index is 12.6. The molecule has 0 heterocycles. The predicted molar refractivity (Wildman–Crippen MR) is 149 cm³/mol. The minimum atomic E-state index is -1.10. The van der Waals surface area contributed by atoms with Gasteiger partial charge in [-0.1, -0.05) is 75.6 Å². The van der Waals surface area contributed by atoms with Crippen LogP contribution < -0.4 is 5.32 Å². The lowest BCUT2D eigenvalue weighted by Crippen LogP contribution is -2.42. The van der Waals surface area contributed by atoms with Crippen molar-refractivity contribution in [3.63, 3.8) is 0 Å². The van der Waals surface area contributed by atoms with Crippen molar-refractivity contribution in [3.05, 3.63) is 48.0 Å². The third-order valence-electron chi connectivity index (χ3n) is 7.46. The quantitative estimate of drug-likeness (QED) is 0.162. The van der Waals surface area contributed by atoms with Crippen molar-refractivity contribution in [2.45, 2.75) is 103 Å². The summed E-state index contributed by atoms with van der Waals surface area (Å²) in [7, 11) is 0. The Hall–Kier alpha value is -2.84. The number of hydrogen-bond acceptors (Lipinski definition) is 6. The van der Waals surface area contributed by atoms with Crippen LogP contribution in [-0.2, 0) is 25.6 Å². The van der Waals surface area contributed by atoms with Gasteiger partial charge in [0.05, 0.1) is 12.2 Å². The molecule has 1 aromatic carbocycles. The molecule has 216 valence electrons. The summed E-state index contributed by atoms with van der Waals surface area (Å²) < 4.78 is 0. The fourth-order valence-electron chi connectivity index (χ4n) is 5.18. The molecule has 8 heteroatoms. The zero-order chi connectivity index (χ0) is 28.8. The zero-order valence-electron chi connectivity index (χ0n) is 23.3. The number of ketones is 2. The summed E-state index contributed by atoms with van der Waals surface area (Å²) in [6.07, 6.45) is 7.08. The van der Waals surface area contributed by atoms with Crippen LogP contribution in [0.2, 0.25) is 0 Å². The van der Waals surface area contributed by atoms with Crippen LogP contribution in [0.15, 0.2) is 42.5 Å². The molecule has 1 aliphatic carbocycles. The predicted octanol–water partition coefficient (Wildman–Crippen LogP) is 4.02. The van der Waals surface area contributed by atoms with Gasteiger partial charge >= 0.3 is 5.97 Å². The molecule has 8 nitrogen and oxygen atoms in total. The summed E-state index contributed by atoms with van der Waals surface area (Å²) in [4.78, 5) is 48.9. The van der Waals surface area contributed by atoms with Gasteiger partial charge in [0, 0.05) is 43.9 Å². The number of rotatable bonds is 18. The highest BCUT2D eigenvalue weighted by Gasteiger charge is 2.40. The molecule has 0 unspecified atom stereocenters. The average molecular weight is 544 g/mol. The van der Waals surface area contributed by atoms with Crippen molar-refractivity contribution in [1.82, 2.24) is 5.32 Å². The molecule has 0 bridgehead atoms. The van der Waals surface area contributed by atoms with E-state index in [9.17, 15) is 34.5 Å². The van der Waals surface area contributed by atoms with E-state index >= 15 is 0 Å². The van der Waals surface area contributed by atoms with E-state index in [1.165, 1.54) is 0 Å². The van der Waals surface area contributed by atoms with Crippen molar-refractivity contribution < 1.29 is 34.5 Å². The molecular formula is C31H45NO7. The minimum Gasteiger partial charge on any atom is -0.480 e. The number of aliphatic hydroxyl groups is 2. The standard InChI is InChI=1S/C31H45NO7/c1-3-4-10-21(2)17-24(34)15-16-25-26(29(36)20-28(25)35)19-23(33)13-8-9-14-30(37)32-27(31(38)39)18-22-11-6-5-7-12-22/h5-7,11-12,15-16,21,24-28,34-35H,3-4,8-10,13-14,17-20H2,1-2H3,(H,32,37)(H,38,39)/b16-15+/t21-,24-,25+,26+,27-,28+/m0/s1. The van der Waals surface area contributed by atoms with Gasteiger partial charge in [-0.2, -0.15) is 0 Å². The maximum Gasteiger partial charge on any atom is 0.326 e. The van der Waals surface area contributed by atoms with Gasteiger partial charge in [0.2, 0.25) is 5.91 Å².